The van der Waals surface area contributed by atoms with Crippen LogP contribution in [0.2, 0.25) is 0 Å². The van der Waals surface area contributed by atoms with E-state index in [1.165, 1.54) is 0 Å². The molecule has 3 rings (SSSR count). The van der Waals surface area contributed by atoms with Crippen LogP contribution in [-0.4, -0.2) is 24.6 Å². The average Bonchev–Trinajstić information content (AvgIpc) is 2.65. The Morgan fingerprint density at radius 2 is 2.43 bits per heavy atom. The summed E-state index contributed by atoms with van der Waals surface area (Å²) in [6, 6.07) is -0.154. The number of nitrogens with one attached hydrogen (secondary N) is 2. The molecule has 1 fully saturated rings. The van der Waals surface area contributed by atoms with Gasteiger partial charge < -0.3 is 10.6 Å². The summed E-state index contributed by atoms with van der Waals surface area (Å²) in [6.45, 7) is 0.606. The molecule has 0 aliphatic carbocycles. The van der Waals surface area contributed by atoms with Crippen molar-refractivity contribution >= 4 is 18.1 Å². The molecule has 3 aliphatic heterocycles. The quantitative estimate of drug-likeness (QED) is 0.559. The van der Waals surface area contributed by atoms with Crippen molar-refractivity contribution in [3.05, 3.63) is 23.5 Å². The number of rotatable bonds is 0. The van der Waals surface area contributed by atoms with Gasteiger partial charge in [0.15, 0.2) is 5.84 Å². The standard InChI is InChI=1S/C9H8N4O/c14-9-12-4-5-3-11-8-6(1-2-10-8)7(5)13-9/h1-3,5H,4H2,(H2,12,13,14). The van der Waals surface area contributed by atoms with Crippen molar-refractivity contribution in [2.45, 2.75) is 0 Å². The highest BCUT2D eigenvalue weighted by atomic mass is 16.2. The van der Waals surface area contributed by atoms with Gasteiger partial charge in [-0.25, -0.2) is 14.8 Å². The number of carbonyl (C=O) groups excluding carboxylic acids is 1. The number of urea groups is 1. The number of nitrogens with zero attached hydrogens (tertiary/aromatic N) is 2. The summed E-state index contributed by atoms with van der Waals surface area (Å²) < 4.78 is 0. The second kappa shape index (κ2) is 2.54. The van der Waals surface area contributed by atoms with Gasteiger partial charge in [0.05, 0.1) is 5.92 Å². The van der Waals surface area contributed by atoms with Gasteiger partial charge in [0.1, 0.15) is 0 Å². The number of dihydropyridines is 1. The Balaban J connectivity index is 2.08. The van der Waals surface area contributed by atoms with Crippen molar-refractivity contribution in [2.75, 3.05) is 6.54 Å². The van der Waals surface area contributed by atoms with Gasteiger partial charge in [-0.3, -0.25) is 0 Å². The van der Waals surface area contributed by atoms with Crippen LogP contribution in [0.15, 0.2) is 33.5 Å². The molecule has 1 unspecified atom stereocenters. The Morgan fingerprint density at radius 1 is 1.50 bits per heavy atom. The Kier molecular flexibility index (Phi) is 1.36. The van der Waals surface area contributed by atoms with Crippen molar-refractivity contribution in [3.63, 3.8) is 0 Å². The van der Waals surface area contributed by atoms with E-state index < -0.39 is 0 Å². The van der Waals surface area contributed by atoms with E-state index in [0.717, 1.165) is 11.3 Å². The molecule has 3 heterocycles. The third kappa shape index (κ3) is 0.921. The number of aliphatic imine (C=N–C) groups is 2. The molecule has 0 aromatic heterocycles. The van der Waals surface area contributed by atoms with E-state index in [4.69, 9.17) is 0 Å². The monoisotopic (exact) mass is 188 g/mol. The van der Waals surface area contributed by atoms with Gasteiger partial charge in [0.2, 0.25) is 0 Å². The number of fused-ring (bicyclic) bond motifs is 2. The van der Waals surface area contributed by atoms with E-state index >= 15 is 0 Å². The molecule has 3 aliphatic rings. The number of hydrogen-bond donors (Lipinski definition) is 2. The summed E-state index contributed by atoms with van der Waals surface area (Å²) in [5.41, 5.74) is 1.85. The highest BCUT2D eigenvalue weighted by Gasteiger charge is 2.29. The lowest BCUT2D eigenvalue weighted by Gasteiger charge is -2.27. The second-order valence-electron chi connectivity index (χ2n) is 3.32. The molecular formula is C9H8N4O. The molecule has 1 atom stereocenters. The largest absolute Gasteiger partial charge is 0.337 e. The first kappa shape index (κ1) is 7.49. The molecule has 0 aromatic rings. The van der Waals surface area contributed by atoms with E-state index in [0.29, 0.717) is 12.4 Å². The highest BCUT2D eigenvalue weighted by molar-refractivity contribution is 6.10. The fourth-order valence-electron chi connectivity index (χ4n) is 1.76. The number of hydrogen-bond acceptors (Lipinski definition) is 3. The number of carbonyl (C=O) groups is 1. The van der Waals surface area contributed by atoms with Gasteiger partial charge in [-0.15, -0.1) is 0 Å². The van der Waals surface area contributed by atoms with E-state index in [1.807, 2.05) is 12.3 Å². The Hall–Kier alpha value is -1.91. The van der Waals surface area contributed by atoms with E-state index in [9.17, 15) is 4.79 Å². The summed E-state index contributed by atoms with van der Waals surface area (Å²) in [5, 5.41) is 5.52. The number of amides is 2. The first-order valence-corrected chi connectivity index (χ1v) is 4.42. The fourth-order valence-corrected chi connectivity index (χ4v) is 1.76. The van der Waals surface area contributed by atoms with Gasteiger partial charge in [-0.1, -0.05) is 0 Å². The summed E-state index contributed by atoms with van der Waals surface area (Å²) in [6.07, 6.45) is 5.39. The molecular weight excluding hydrogens is 180 g/mol. The molecule has 0 aromatic carbocycles. The summed E-state index contributed by atoms with van der Waals surface area (Å²) in [4.78, 5) is 19.4. The second-order valence-corrected chi connectivity index (χ2v) is 3.32. The molecule has 5 nitrogen and oxygen atoms in total. The highest BCUT2D eigenvalue weighted by Crippen LogP contribution is 2.24. The molecule has 0 spiro atoms. The molecule has 70 valence electrons. The smallest absolute Gasteiger partial charge is 0.319 e. The SMILES string of the molecule is O=C1NCC2C=NC3=NC=CC3=C2N1. The minimum absolute atomic E-state index is 0.154. The van der Waals surface area contributed by atoms with Crippen molar-refractivity contribution < 1.29 is 4.79 Å². The third-order valence-corrected chi connectivity index (χ3v) is 2.45. The van der Waals surface area contributed by atoms with Crippen LogP contribution < -0.4 is 10.6 Å². The maximum Gasteiger partial charge on any atom is 0.319 e. The first-order valence-electron chi connectivity index (χ1n) is 4.42. The third-order valence-electron chi connectivity index (χ3n) is 2.45. The molecule has 5 heteroatoms. The Bertz CT molecular complexity index is 430. The topological polar surface area (TPSA) is 65.8 Å². The van der Waals surface area contributed by atoms with Crippen LogP contribution in [0, 0.1) is 5.92 Å². The van der Waals surface area contributed by atoms with E-state index in [2.05, 4.69) is 20.6 Å². The fraction of sp³-hybridized carbons (Fsp3) is 0.222. The van der Waals surface area contributed by atoms with Crippen molar-refractivity contribution in [1.82, 2.24) is 10.6 Å². The maximum absolute atomic E-state index is 11.1. The van der Waals surface area contributed by atoms with Gasteiger partial charge in [0.25, 0.3) is 0 Å². The minimum Gasteiger partial charge on any atom is -0.337 e. The predicted molar refractivity (Wildman–Crippen MR) is 52.1 cm³/mol. The number of amidine groups is 1. The van der Waals surface area contributed by atoms with Gasteiger partial charge >= 0.3 is 6.03 Å². The van der Waals surface area contributed by atoms with Gasteiger partial charge in [-0.2, -0.15) is 0 Å². The minimum atomic E-state index is -0.154. The lowest BCUT2D eigenvalue weighted by atomic mass is 9.97. The lowest BCUT2D eigenvalue weighted by molar-refractivity contribution is 0.238. The van der Waals surface area contributed by atoms with Crippen LogP contribution in [-0.2, 0) is 0 Å². The van der Waals surface area contributed by atoms with Crippen LogP contribution in [0.5, 0.6) is 0 Å². The molecule has 0 radical (unpaired) electrons. The van der Waals surface area contributed by atoms with E-state index in [-0.39, 0.29) is 11.9 Å². The molecule has 14 heavy (non-hydrogen) atoms. The zero-order chi connectivity index (χ0) is 9.54. The van der Waals surface area contributed by atoms with Crippen LogP contribution >= 0.6 is 0 Å². The van der Waals surface area contributed by atoms with Crippen LogP contribution in [0.4, 0.5) is 4.79 Å². The lowest BCUT2D eigenvalue weighted by Crippen LogP contribution is -2.48. The maximum atomic E-state index is 11.1. The molecule has 2 N–H and O–H groups in total. The molecule has 1 saturated heterocycles. The Labute approximate surface area is 80.3 Å². The van der Waals surface area contributed by atoms with Crippen LogP contribution in [0.3, 0.4) is 0 Å². The predicted octanol–water partition coefficient (Wildman–Crippen LogP) is 0.180. The Morgan fingerprint density at radius 3 is 3.36 bits per heavy atom. The average molecular weight is 188 g/mol. The molecule has 0 saturated carbocycles. The first-order chi connectivity index (χ1) is 6.84. The molecule has 2 amide bonds. The van der Waals surface area contributed by atoms with Crippen molar-refractivity contribution in [3.8, 4) is 0 Å². The van der Waals surface area contributed by atoms with E-state index in [1.54, 1.807) is 6.20 Å². The van der Waals surface area contributed by atoms with Crippen LogP contribution in [0.25, 0.3) is 0 Å². The summed E-state index contributed by atoms with van der Waals surface area (Å²) in [5.74, 6) is 0.850. The van der Waals surface area contributed by atoms with Gasteiger partial charge in [0, 0.05) is 30.2 Å². The van der Waals surface area contributed by atoms with Crippen LogP contribution in [0.1, 0.15) is 0 Å². The molecule has 0 bridgehead atoms. The summed E-state index contributed by atoms with van der Waals surface area (Å²) in [7, 11) is 0. The van der Waals surface area contributed by atoms with Gasteiger partial charge in [-0.05, 0) is 6.08 Å². The van der Waals surface area contributed by atoms with Crippen molar-refractivity contribution in [2.24, 2.45) is 15.9 Å². The summed E-state index contributed by atoms with van der Waals surface area (Å²) >= 11 is 0. The zero-order valence-electron chi connectivity index (χ0n) is 7.32. The normalized spacial score (nSPS) is 27.9. The van der Waals surface area contributed by atoms with Crippen molar-refractivity contribution in [1.29, 1.82) is 0 Å². The zero-order valence-corrected chi connectivity index (χ0v) is 7.32.